The first-order chi connectivity index (χ1) is 6.50. The first-order valence-electron chi connectivity index (χ1n) is 4.38. The van der Waals surface area contributed by atoms with Crippen molar-refractivity contribution in [1.29, 1.82) is 0 Å². The third-order valence-electron chi connectivity index (χ3n) is 1.95. The molecule has 1 atom stereocenters. The highest BCUT2D eigenvalue weighted by molar-refractivity contribution is 9.10. The maximum atomic E-state index is 9.83. The van der Waals surface area contributed by atoms with Crippen LogP contribution in [0.5, 0.6) is 0 Å². The molecule has 0 aliphatic rings. The minimum absolute atomic E-state index is 0.542. The third-order valence-corrected chi connectivity index (χ3v) is 2.44. The summed E-state index contributed by atoms with van der Waals surface area (Å²) in [5.41, 5.74) is 8.06. The summed E-state index contributed by atoms with van der Waals surface area (Å²) in [4.78, 5) is 0. The van der Waals surface area contributed by atoms with Gasteiger partial charge in [-0.25, -0.2) is 0 Å². The number of nitrogens with two attached hydrogens (primary N) is 1. The number of hydrogen-bond donors (Lipinski definition) is 2. The van der Waals surface area contributed by atoms with Gasteiger partial charge < -0.3 is 10.8 Å². The Bertz CT molecular complexity index is 349. The Morgan fingerprint density at radius 2 is 2.29 bits per heavy atom. The van der Waals surface area contributed by atoms with Crippen molar-refractivity contribution in [1.82, 2.24) is 0 Å². The van der Waals surface area contributed by atoms with Gasteiger partial charge in [-0.05, 0) is 31.5 Å². The van der Waals surface area contributed by atoms with Crippen molar-refractivity contribution in [3.63, 3.8) is 0 Å². The quantitative estimate of drug-likeness (QED) is 0.645. The summed E-state index contributed by atoms with van der Waals surface area (Å²) in [6, 6.07) is 5.47. The predicted octanol–water partition coefficient (Wildman–Crippen LogP) is 3.03. The molecule has 1 aromatic carbocycles. The monoisotopic (exact) mass is 255 g/mol. The van der Waals surface area contributed by atoms with E-state index in [1.807, 2.05) is 19.1 Å². The summed E-state index contributed by atoms with van der Waals surface area (Å²) in [7, 11) is 0. The number of anilines is 1. The molecule has 2 nitrogen and oxygen atoms in total. The zero-order chi connectivity index (χ0) is 10.7. The van der Waals surface area contributed by atoms with Gasteiger partial charge >= 0.3 is 0 Å². The van der Waals surface area contributed by atoms with Crippen molar-refractivity contribution in [3.05, 3.63) is 40.4 Å². The van der Waals surface area contributed by atoms with Gasteiger partial charge in [0.25, 0.3) is 0 Å². The molecule has 1 rings (SSSR count). The van der Waals surface area contributed by atoms with Crippen LogP contribution in [0, 0.1) is 0 Å². The molecule has 1 aromatic rings. The van der Waals surface area contributed by atoms with Crippen LogP contribution >= 0.6 is 15.9 Å². The van der Waals surface area contributed by atoms with Crippen LogP contribution in [-0.4, -0.2) is 5.11 Å². The molecule has 0 spiro atoms. The Labute approximate surface area is 92.6 Å². The second-order valence-corrected chi connectivity index (χ2v) is 4.37. The van der Waals surface area contributed by atoms with Crippen LogP contribution < -0.4 is 5.73 Å². The van der Waals surface area contributed by atoms with E-state index in [9.17, 15) is 5.11 Å². The zero-order valence-corrected chi connectivity index (χ0v) is 9.71. The van der Waals surface area contributed by atoms with E-state index in [4.69, 9.17) is 5.73 Å². The van der Waals surface area contributed by atoms with Gasteiger partial charge in [0.1, 0.15) is 0 Å². The average Bonchev–Trinajstić information content (AvgIpc) is 2.08. The predicted molar refractivity (Wildman–Crippen MR) is 62.9 cm³/mol. The number of halogens is 1. The lowest BCUT2D eigenvalue weighted by Crippen LogP contribution is -2.02. The van der Waals surface area contributed by atoms with Gasteiger partial charge in [0.2, 0.25) is 0 Å². The molecule has 1 unspecified atom stereocenters. The van der Waals surface area contributed by atoms with Crippen molar-refractivity contribution in [2.75, 3.05) is 5.73 Å². The lowest BCUT2D eigenvalue weighted by atomic mass is 10.0. The molecule has 0 aromatic heterocycles. The molecule has 0 aliphatic heterocycles. The first-order valence-corrected chi connectivity index (χ1v) is 5.17. The number of nitrogen functional groups attached to an aromatic ring is 1. The SMILES string of the molecule is C=C(C)CC(O)c1cc(Br)ccc1N. The third kappa shape index (κ3) is 2.86. The van der Waals surface area contributed by atoms with Crippen LogP contribution in [0.4, 0.5) is 5.69 Å². The first kappa shape index (κ1) is 11.3. The molecule has 0 saturated heterocycles. The fourth-order valence-electron chi connectivity index (χ4n) is 1.27. The molecule has 0 amide bonds. The van der Waals surface area contributed by atoms with Gasteiger partial charge in [-0.1, -0.05) is 21.5 Å². The van der Waals surface area contributed by atoms with Crippen molar-refractivity contribution < 1.29 is 5.11 Å². The van der Waals surface area contributed by atoms with E-state index < -0.39 is 6.10 Å². The number of aliphatic hydroxyl groups excluding tert-OH is 1. The van der Waals surface area contributed by atoms with Crippen molar-refractivity contribution in [2.24, 2.45) is 0 Å². The highest BCUT2D eigenvalue weighted by Gasteiger charge is 2.11. The Morgan fingerprint density at radius 1 is 1.64 bits per heavy atom. The van der Waals surface area contributed by atoms with Crippen LogP contribution in [0.1, 0.15) is 25.0 Å². The smallest absolute Gasteiger partial charge is 0.0847 e. The molecule has 0 saturated carbocycles. The van der Waals surface area contributed by atoms with E-state index in [0.717, 1.165) is 15.6 Å². The molecular formula is C11H14BrNO. The lowest BCUT2D eigenvalue weighted by Gasteiger charge is -2.13. The van der Waals surface area contributed by atoms with E-state index >= 15 is 0 Å². The fourth-order valence-corrected chi connectivity index (χ4v) is 1.65. The van der Waals surface area contributed by atoms with Crippen molar-refractivity contribution in [3.8, 4) is 0 Å². The minimum Gasteiger partial charge on any atom is -0.398 e. The van der Waals surface area contributed by atoms with E-state index in [1.165, 1.54) is 0 Å². The number of hydrogen-bond acceptors (Lipinski definition) is 2. The zero-order valence-electron chi connectivity index (χ0n) is 8.13. The molecule has 0 fully saturated rings. The van der Waals surface area contributed by atoms with E-state index in [1.54, 1.807) is 6.07 Å². The van der Waals surface area contributed by atoms with E-state index in [0.29, 0.717) is 12.1 Å². The summed E-state index contributed by atoms with van der Waals surface area (Å²) in [5, 5.41) is 9.83. The standard InChI is InChI=1S/C11H14BrNO/c1-7(2)5-11(14)9-6-8(12)3-4-10(9)13/h3-4,6,11,14H,1,5,13H2,2H3. The summed E-state index contributed by atoms with van der Waals surface area (Å²) in [6.45, 7) is 5.65. The molecule has 0 bridgehead atoms. The van der Waals surface area contributed by atoms with Gasteiger partial charge in [-0.15, -0.1) is 6.58 Å². The molecule has 76 valence electrons. The van der Waals surface area contributed by atoms with Gasteiger partial charge in [0.15, 0.2) is 0 Å². The molecule has 0 aliphatic carbocycles. The largest absolute Gasteiger partial charge is 0.398 e. The molecule has 3 heteroatoms. The Kier molecular flexibility index (Phi) is 3.72. The van der Waals surface area contributed by atoms with Gasteiger partial charge in [-0.2, -0.15) is 0 Å². The fraction of sp³-hybridized carbons (Fsp3) is 0.273. The van der Waals surface area contributed by atoms with Gasteiger partial charge in [-0.3, -0.25) is 0 Å². The van der Waals surface area contributed by atoms with Gasteiger partial charge in [0.05, 0.1) is 6.10 Å². The van der Waals surface area contributed by atoms with Crippen LogP contribution in [0.3, 0.4) is 0 Å². The number of benzene rings is 1. The topological polar surface area (TPSA) is 46.2 Å². The summed E-state index contributed by atoms with van der Waals surface area (Å²) in [5.74, 6) is 0. The second-order valence-electron chi connectivity index (χ2n) is 3.45. The van der Waals surface area contributed by atoms with E-state index in [-0.39, 0.29) is 0 Å². The maximum Gasteiger partial charge on any atom is 0.0847 e. The maximum absolute atomic E-state index is 9.83. The molecule has 0 heterocycles. The summed E-state index contributed by atoms with van der Waals surface area (Å²) in [6.07, 6.45) is -0.0225. The second kappa shape index (κ2) is 4.62. The van der Waals surface area contributed by atoms with Crippen LogP contribution in [-0.2, 0) is 0 Å². The Morgan fingerprint density at radius 3 is 2.86 bits per heavy atom. The molecule has 0 radical (unpaired) electrons. The molecule has 3 N–H and O–H groups in total. The van der Waals surface area contributed by atoms with Crippen LogP contribution in [0.25, 0.3) is 0 Å². The normalized spacial score (nSPS) is 12.5. The summed E-state index contributed by atoms with van der Waals surface area (Å²) >= 11 is 3.34. The number of aliphatic hydroxyl groups is 1. The molecular weight excluding hydrogens is 242 g/mol. The highest BCUT2D eigenvalue weighted by Crippen LogP contribution is 2.27. The lowest BCUT2D eigenvalue weighted by molar-refractivity contribution is 0.179. The Balaban J connectivity index is 2.93. The van der Waals surface area contributed by atoms with E-state index in [2.05, 4.69) is 22.5 Å². The van der Waals surface area contributed by atoms with Crippen LogP contribution in [0.2, 0.25) is 0 Å². The van der Waals surface area contributed by atoms with Gasteiger partial charge in [0, 0.05) is 15.7 Å². The summed E-state index contributed by atoms with van der Waals surface area (Å²) < 4.78 is 0.919. The Hall–Kier alpha value is -0.800. The average molecular weight is 256 g/mol. The van der Waals surface area contributed by atoms with Crippen molar-refractivity contribution >= 4 is 21.6 Å². The number of rotatable bonds is 3. The minimum atomic E-state index is -0.565. The molecule has 14 heavy (non-hydrogen) atoms. The highest BCUT2D eigenvalue weighted by atomic mass is 79.9. The van der Waals surface area contributed by atoms with Crippen LogP contribution in [0.15, 0.2) is 34.8 Å². The van der Waals surface area contributed by atoms with Crippen molar-refractivity contribution in [2.45, 2.75) is 19.4 Å².